The number of carbonyl (C=O) groups excluding carboxylic acids is 1. The van der Waals surface area contributed by atoms with Crippen molar-refractivity contribution in [3.63, 3.8) is 0 Å². The van der Waals surface area contributed by atoms with Crippen LogP contribution in [0.3, 0.4) is 0 Å². The zero-order chi connectivity index (χ0) is 17.7. The monoisotopic (exact) mass is 460 g/mol. The molecule has 0 saturated heterocycles. The van der Waals surface area contributed by atoms with Crippen molar-refractivity contribution < 1.29 is 18.7 Å². The number of nitrogens with one attached hydrogen (secondary N) is 1. The van der Waals surface area contributed by atoms with Crippen molar-refractivity contribution in [2.45, 2.75) is 6.61 Å². The van der Waals surface area contributed by atoms with E-state index in [2.05, 4.69) is 17.5 Å². The number of halogens is 2. The molecule has 0 spiro atoms. The Hall–Kier alpha value is -1.94. The second-order valence-electron chi connectivity index (χ2n) is 4.73. The summed E-state index contributed by atoms with van der Waals surface area (Å²) in [4.78, 5) is 12.0. The van der Waals surface area contributed by atoms with E-state index < -0.39 is 5.91 Å². The van der Waals surface area contributed by atoms with E-state index in [4.69, 9.17) is 15.2 Å². The van der Waals surface area contributed by atoms with Crippen molar-refractivity contribution in [2.75, 3.05) is 7.11 Å². The van der Waals surface area contributed by atoms with Gasteiger partial charge >= 0.3 is 0 Å². The summed E-state index contributed by atoms with van der Waals surface area (Å²) in [5.41, 5.74) is 6.32. The van der Waals surface area contributed by atoms with E-state index >= 15 is 0 Å². The van der Waals surface area contributed by atoms with Crippen LogP contribution in [-0.4, -0.2) is 18.1 Å². The number of ether oxygens (including phenoxy) is 2. The number of benzene rings is 2. The van der Waals surface area contributed by atoms with Crippen LogP contribution >= 0.6 is 34.8 Å². The molecule has 0 aliphatic rings. The smallest absolute Gasteiger partial charge is 0.257 e. The lowest BCUT2D eigenvalue weighted by atomic mass is 10.2. The normalized spacial score (nSPS) is 10.1. The molecule has 0 unspecified atom stereocenters. The minimum Gasteiger partial charge on any atom is -0.493 e. The fourth-order valence-electron chi connectivity index (χ4n) is 1.96. The molecule has 0 aliphatic heterocycles. The molecule has 0 aromatic heterocycles. The maximum atomic E-state index is 13.2. The molecule has 0 fully saturated rings. The molecule has 126 valence electrons. The predicted molar refractivity (Wildman–Crippen MR) is 101 cm³/mol. The van der Waals surface area contributed by atoms with Crippen LogP contribution in [0.1, 0.15) is 15.9 Å². The number of methoxy groups -OCH3 is 1. The Kier molecular flexibility index (Phi) is 6.32. The highest BCUT2D eigenvalue weighted by Crippen LogP contribution is 2.34. The standard InChI is InChI=1S/C16H14FIN2O3S/c1-22-13-7-10(15(21)20-16(19)24)6-12(18)14(13)23-8-9-3-2-4-11(17)5-9/h2-7H,8H2,1H3,(H3,19,20,21,24). The lowest BCUT2D eigenvalue weighted by Gasteiger charge is -2.14. The number of amides is 1. The third kappa shape index (κ3) is 4.78. The van der Waals surface area contributed by atoms with Crippen molar-refractivity contribution in [3.8, 4) is 11.5 Å². The quantitative estimate of drug-likeness (QED) is 0.531. The number of thiocarbonyl (C=S) groups is 1. The molecule has 2 aromatic carbocycles. The van der Waals surface area contributed by atoms with Crippen molar-refractivity contribution in [1.82, 2.24) is 5.32 Å². The average molecular weight is 460 g/mol. The first-order valence-electron chi connectivity index (χ1n) is 6.76. The van der Waals surface area contributed by atoms with Gasteiger partial charge in [0, 0.05) is 5.56 Å². The molecule has 0 bridgehead atoms. The number of rotatable bonds is 5. The maximum Gasteiger partial charge on any atom is 0.257 e. The molecule has 0 atom stereocenters. The van der Waals surface area contributed by atoms with Gasteiger partial charge in [0.15, 0.2) is 16.6 Å². The van der Waals surface area contributed by atoms with Gasteiger partial charge in [-0.25, -0.2) is 4.39 Å². The van der Waals surface area contributed by atoms with Gasteiger partial charge in [-0.1, -0.05) is 12.1 Å². The minimum absolute atomic E-state index is 0.111. The molecular weight excluding hydrogens is 446 g/mol. The summed E-state index contributed by atoms with van der Waals surface area (Å²) in [5.74, 6) is 0.0820. The fourth-order valence-corrected chi connectivity index (χ4v) is 2.81. The van der Waals surface area contributed by atoms with Crippen molar-refractivity contribution >= 4 is 45.8 Å². The Morgan fingerprint density at radius 2 is 2.12 bits per heavy atom. The lowest BCUT2D eigenvalue weighted by Crippen LogP contribution is -2.34. The molecule has 5 nitrogen and oxygen atoms in total. The summed E-state index contributed by atoms with van der Waals surface area (Å²) >= 11 is 6.68. The molecule has 24 heavy (non-hydrogen) atoms. The van der Waals surface area contributed by atoms with Crippen LogP contribution in [0.25, 0.3) is 0 Å². The summed E-state index contributed by atoms with van der Waals surface area (Å²) in [6, 6.07) is 9.27. The van der Waals surface area contributed by atoms with Gasteiger partial charge in [0.05, 0.1) is 10.7 Å². The molecule has 2 aromatic rings. The first-order chi connectivity index (χ1) is 11.4. The maximum absolute atomic E-state index is 13.2. The molecule has 0 heterocycles. The average Bonchev–Trinajstić information content (AvgIpc) is 2.52. The van der Waals surface area contributed by atoms with E-state index in [1.165, 1.54) is 25.3 Å². The molecule has 1 amide bonds. The van der Waals surface area contributed by atoms with E-state index in [1.54, 1.807) is 18.2 Å². The first-order valence-corrected chi connectivity index (χ1v) is 8.25. The highest BCUT2D eigenvalue weighted by molar-refractivity contribution is 14.1. The minimum atomic E-state index is -0.435. The Morgan fingerprint density at radius 1 is 1.38 bits per heavy atom. The highest BCUT2D eigenvalue weighted by Gasteiger charge is 2.16. The van der Waals surface area contributed by atoms with Crippen LogP contribution in [0.5, 0.6) is 11.5 Å². The van der Waals surface area contributed by atoms with E-state index in [1.807, 2.05) is 22.6 Å². The molecule has 2 rings (SSSR count). The number of hydrogen-bond acceptors (Lipinski definition) is 4. The summed E-state index contributed by atoms with van der Waals surface area (Å²) in [6.07, 6.45) is 0. The van der Waals surface area contributed by atoms with Gasteiger partial charge < -0.3 is 15.2 Å². The summed E-state index contributed by atoms with van der Waals surface area (Å²) < 4.78 is 24.9. The number of hydrogen-bond donors (Lipinski definition) is 2. The predicted octanol–water partition coefficient (Wildman–Crippen LogP) is 2.99. The topological polar surface area (TPSA) is 73.6 Å². The Balaban J connectivity index is 2.23. The first kappa shape index (κ1) is 18.4. The van der Waals surface area contributed by atoms with Crippen molar-refractivity contribution in [3.05, 3.63) is 56.9 Å². The van der Waals surface area contributed by atoms with Gasteiger partial charge in [0.2, 0.25) is 0 Å². The Morgan fingerprint density at radius 3 is 2.75 bits per heavy atom. The summed E-state index contributed by atoms with van der Waals surface area (Å²) in [5, 5.41) is 2.24. The van der Waals surface area contributed by atoms with E-state index in [0.717, 1.165) is 0 Å². The second kappa shape index (κ2) is 8.25. The third-order valence-electron chi connectivity index (χ3n) is 3.00. The second-order valence-corrected chi connectivity index (χ2v) is 6.33. The third-order valence-corrected chi connectivity index (χ3v) is 3.90. The van der Waals surface area contributed by atoms with Gasteiger partial charge in [-0.15, -0.1) is 0 Å². The summed E-state index contributed by atoms with van der Waals surface area (Å²) in [6.45, 7) is 0.169. The van der Waals surface area contributed by atoms with E-state index in [0.29, 0.717) is 26.2 Å². The van der Waals surface area contributed by atoms with Crippen LogP contribution in [0.2, 0.25) is 0 Å². The van der Waals surface area contributed by atoms with Crippen LogP contribution in [0.4, 0.5) is 4.39 Å². The Bertz CT molecular complexity index is 786. The van der Waals surface area contributed by atoms with Gasteiger partial charge in [-0.2, -0.15) is 0 Å². The molecule has 3 N–H and O–H groups in total. The van der Waals surface area contributed by atoms with Crippen LogP contribution in [0, 0.1) is 9.39 Å². The molecule has 0 saturated carbocycles. The number of nitrogens with two attached hydrogens (primary N) is 1. The van der Waals surface area contributed by atoms with Crippen LogP contribution in [-0.2, 0) is 6.61 Å². The van der Waals surface area contributed by atoms with Gasteiger partial charge in [-0.05, 0) is 64.6 Å². The van der Waals surface area contributed by atoms with Crippen LogP contribution in [0.15, 0.2) is 36.4 Å². The molecular formula is C16H14FIN2O3S. The molecule has 8 heteroatoms. The summed E-state index contributed by atoms with van der Waals surface area (Å²) in [7, 11) is 1.47. The lowest BCUT2D eigenvalue weighted by molar-refractivity contribution is 0.0977. The molecule has 0 radical (unpaired) electrons. The SMILES string of the molecule is COc1cc(C(=O)NC(N)=S)cc(I)c1OCc1cccc(F)c1. The molecule has 0 aliphatic carbocycles. The van der Waals surface area contributed by atoms with Gasteiger partial charge in [-0.3, -0.25) is 10.1 Å². The van der Waals surface area contributed by atoms with Gasteiger partial charge in [0.25, 0.3) is 5.91 Å². The van der Waals surface area contributed by atoms with Crippen molar-refractivity contribution in [1.29, 1.82) is 0 Å². The van der Waals surface area contributed by atoms with Crippen LogP contribution < -0.4 is 20.5 Å². The number of carbonyl (C=O) groups is 1. The zero-order valence-electron chi connectivity index (χ0n) is 12.6. The largest absolute Gasteiger partial charge is 0.493 e. The Labute approximate surface area is 157 Å². The van der Waals surface area contributed by atoms with E-state index in [9.17, 15) is 9.18 Å². The fraction of sp³-hybridized carbons (Fsp3) is 0.125. The zero-order valence-corrected chi connectivity index (χ0v) is 15.6. The van der Waals surface area contributed by atoms with E-state index in [-0.39, 0.29) is 17.5 Å². The highest BCUT2D eigenvalue weighted by atomic mass is 127. The van der Waals surface area contributed by atoms with Gasteiger partial charge in [0.1, 0.15) is 12.4 Å². The van der Waals surface area contributed by atoms with Crippen molar-refractivity contribution in [2.24, 2.45) is 5.73 Å².